The Hall–Kier alpha value is -1.75. The van der Waals surface area contributed by atoms with Gasteiger partial charge >= 0.3 is 0 Å². The Kier molecular flexibility index (Phi) is 5.07. The fourth-order valence-electron chi connectivity index (χ4n) is 2.65. The number of hydrogen-bond acceptors (Lipinski definition) is 4. The standard InChI is InChI=1S/C16H23NO4/c1-11-9-17(10-12(2)21-11)16(18)7-13-5-6-14(19-3)8-15(13)20-4/h5-6,8,11-12H,7,9-10H2,1-4H3. The van der Waals surface area contributed by atoms with Gasteiger partial charge < -0.3 is 19.1 Å². The maximum absolute atomic E-state index is 12.5. The zero-order valence-electron chi connectivity index (χ0n) is 13.1. The van der Waals surface area contributed by atoms with Crippen LogP contribution in [0, 0.1) is 0 Å². The first-order valence-corrected chi connectivity index (χ1v) is 7.17. The largest absolute Gasteiger partial charge is 0.497 e. The van der Waals surface area contributed by atoms with E-state index in [1.54, 1.807) is 20.3 Å². The second-order valence-electron chi connectivity index (χ2n) is 5.41. The van der Waals surface area contributed by atoms with Crippen molar-refractivity contribution in [2.75, 3.05) is 27.3 Å². The number of benzene rings is 1. The van der Waals surface area contributed by atoms with Gasteiger partial charge in [-0.1, -0.05) is 6.07 Å². The molecule has 1 saturated heterocycles. The van der Waals surface area contributed by atoms with Crippen LogP contribution in [-0.2, 0) is 16.0 Å². The van der Waals surface area contributed by atoms with Crippen molar-refractivity contribution < 1.29 is 19.0 Å². The normalized spacial score (nSPS) is 22.0. The Morgan fingerprint density at radius 2 is 1.90 bits per heavy atom. The van der Waals surface area contributed by atoms with Crippen molar-refractivity contribution in [1.29, 1.82) is 0 Å². The second kappa shape index (κ2) is 6.80. The summed E-state index contributed by atoms with van der Waals surface area (Å²) >= 11 is 0. The van der Waals surface area contributed by atoms with E-state index in [1.165, 1.54) is 0 Å². The van der Waals surface area contributed by atoms with Gasteiger partial charge in [0.25, 0.3) is 0 Å². The van der Waals surface area contributed by atoms with Crippen LogP contribution in [0.4, 0.5) is 0 Å². The van der Waals surface area contributed by atoms with Gasteiger partial charge in [0.1, 0.15) is 11.5 Å². The van der Waals surface area contributed by atoms with Crippen LogP contribution in [0.2, 0.25) is 0 Å². The number of hydrogen-bond donors (Lipinski definition) is 0. The number of rotatable bonds is 4. The summed E-state index contributed by atoms with van der Waals surface area (Å²) in [4.78, 5) is 14.3. The molecule has 0 aromatic heterocycles. The zero-order chi connectivity index (χ0) is 15.4. The molecular formula is C16H23NO4. The van der Waals surface area contributed by atoms with Gasteiger partial charge in [0.2, 0.25) is 5.91 Å². The molecule has 5 nitrogen and oxygen atoms in total. The number of methoxy groups -OCH3 is 2. The first kappa shape index (κ1) is 15.6. The summed E-state index contributed by atoms with van der Waals surface area (Å²) < 4.78 is 16.2. The summed E-state index contributed by atoms with van der Waals surface area (Å²) in [6.45, 7) is 5.26. The quantitative estimate of drug-likeness (QED) is 0.850. The van der Waals surface area contributed by atoms with Gasteiger partial charge in [0.15, 0.2) is 0 Å². The number of carbonyl (C=O) groups excluding carboxylic acids is 1. The first-order chi connectivity index (χ1) is 10.0. The van der Waals surface area contributed by atoms with E-state index in [0.717, 1.165) is 11.3 Å². The number of morpholine rings is 1. The molecule has 0 bridgehead atoms. The van der Waals surface area contributed by atoms with Crippen LogP contribution < -0.4 is 9.47 Å². The summed E-state index contributed by atoms with van der Waals surface area (Å²) in [5.74, 6) is 1.49. The summed E-state index contributed by atoms with van der Waals surface area (Å²) in [6, 6.07) is 5.52. The topological polar surface area (TPSA) is 48.0 Å². The van der Waals surface area contributed by atoms with E-state index in [-0.39, 0.29) is 18.1 Å². The minimum Gasteiger partial charge on any atom is -0.497 e. The lowest BCUT2D eigenvalue weighted by atomic mass is 10.1. The maximum Gasteiger partial charge on any atom is 0.227 e. The molecule has 0 radical (unpaired) electrons. The van der Waals surface area contributed by atoms with Gasteiger partial charge in [-0.15, -0.1) is 0 Å². The minimum absolute atomic E-state index is 0.0791. The van der Waals surface area contributed by atoms with E-state index in [2.05, 4.69) is 0 Å². The van der Waals surface area contributed by atoms with E-state index < -0.39 is 0 Å². The average Bonchev–Trinajstić information content (AvgIpc) is 2.46. The molecule has 1 aromatic rings. The van der Waals surface area contributed by atoms with Crippen molar-refractivity contribution in [3.63, 3.8) is 0 Å². The lowest BCUT2D eigenvalue weighted by Crippen LogP contribution is -2.48. The summed E-state index contributed by atoms with van der Waals surface area (Å²) in [5, 5.41) is 0. The lowest BCUT2D eigenvalue weighted by molar-refractivity contribution is -0.142. The van der Waals surface area contributed by atoms with Crippen LogP contribution in [0.15, 0.2) is 18.2 Å². The third-order valence-electron chi connectivity index (χ3n) is 3.61. The van der Waals surface area contributed by atoms with E-state index in [0.29, 0.717) is 25.3 Å². The summed E-state index contributed by atoms with van der Waals surface area (Å²) in [5.41, 5.74) is 0.870. The molecule has 0 spiro atoms. The van der Waals surface area contributed by atoms with E-state index >= 15 is 0 Å². The molecule has 0 N–H and O–H groups in total. The SMILES string of the molecule is COc1ccc(CC(=O)N2CC(C)OC(C)C2)c(OC)c1. The van der Waals surface area contributed by atoms with Crippen LogP contribution in [0.3, 0.4) is 0 Å². The second-order valence-corrected chi connectivity index (χ2v) is 5.41. The van der Waals surface area contributed by atoms with Gasteiger partial charge in [-0.3, -0.25) is 4.79 Å². The van der Waals surface area contributed by atoms with Gasteiger partial charge in [-0.2, -0.15) is 0 Å². The highest BCUT2D eigenvalue weighted by atomic mass is 16.5. The molecule has 0 saturated carbocycles. The highest BCUT2D eigenvalue weighted by Gasteiger charge is 2.26. The average molecular weight is 293 g/mol. The molecule has 1 heterocycles. The Balaban J connectivity index is 2.08. The zero-order valence-corrected chi connectivity index (χ0v) is 13.1. The fraction of sp³-hybridized carbons (Fsp3) is 0.562. The smallest absolute Gasteiger partial charge is 0.227 e. The van der Waals surface area contributed by atoms with Crippen LogP contribution in [0.25, 0.3) is 0 Å². The highest BCUT2D eigenvalue weighted by Crippen LogP contribution is 2.25. The van der Waals surface area contributed by atoms with Crippen LogP contribution >= 0.6 is 0 Å². The van der Waals surface area contributed by atoms with Crippen molar-refractivity contribution in [2.24, 2.45) is 0 Å². The Labute approximate surface area is 125 Å². The number of amides is 1. The third kappa shape index (κ3) is 3.88. The highest BCUT2D eigenvalue weighted by molar-refractivity contribution is 5.79. The van der Waals surface area contributed by atoms with Crippen molar-refractivity contribution in [1.82, 2.24) is 4.90 Å². The Morgan fingerprint density at radius 3 is 2.48 bits per heavy atom. The predicted octanol–water partition coefficient (Wildman–Crippen LogP) is 1.88. The van der Waals surface area contributed by atoms with Gasteiger partial charge in [-0.05, 0) is 19.9 Å². The molecule has 116 valence electrons. The van der Waals surface area contributed by atoms with Gasteiger partial charge in [-0.25, -0.2) is 0 Å². The monoisotopic (exact) mass is 293 g/mol. The minimum atomic E-state index is 0.0791. The Morgan fingerprint density at radius 1 is 1.24 bits per heavy atom. The van der Waals surface area contributed by atoms with Crippen molar-refractivity contribution in [3.8, 4) is 11.5 Å². The molecule has 1 aliphatic rings. The summed E-state index contributed by atoms with van der Waals surface area (Å²) in [6.07, 6.45) is 0.484. The molecule has 21 heavy (non-hydrogen) atoms. The molecule has 2 rings (SSSR count). The predicted molar refractivity (Wildman–Crippen MR) is 79.8 cm³/mol. The Bertz CT molecular complexity index is 493. The molecule has 0 aliphatic carbocycles. The van der Waals surface area contributed by atoms with Crippen LogP contribution in [-0.4, -0.2) is 50.3 Å². The number of nitrogens with zero attached hydrogens (tertiary/aromatic N) is 1. The van der Waals surface area contributed by atoms with Gasteiger partial charge in [0, 0.05) is 24.7 Å². The summed E-state index contributed by atoms with van der Waals surface area (Å²) in [7, 11) is 3.21. The van der Waals surface area contributed by atoms with E-state index in [1.807, 2.05) is 30.9 Å². The van der Waals surface area contributed by atoms with Crippen molar-refractivity contribution in [2.45, 2.75) is 32.5 Å². The molecule has 1 fully saturated rings. The van der Waals surface area contributed by atoms with E-state index in [9.17, 15) is 4.79 Å². The fourth-order valence-corrected chi connectivity index (χ4v) is 2.65. The van der Waals surface area contributed by atoms with Crippen LogP contribution in [0.1, 0.15) is 19.4 Å². The van der Waals surface area contributed by atoms with Gasteiger partial charge in [0.05, 0.1) is 32.8 Å². The number of carbonyl (C=O) groups is 1. The molecule has 5 heteroatoms. The molecule has 1 aromatic carbocycles. The van der Waals surface area contributed by atoms with Crippen molar-refractivity contribution in [3.05, 3.63) is 23.8 Å². The van der Waals surface area contributed by atoms with Crippen molar-refractivity contribution >= 4 is 5.91 Å². The lowest BCUT2D eigenvalue weighted by Gasteiger charge is -2.35. The molecule has 1 aliphatic heterocycles. The number of ether oxygens (including phenoxy) is 3. The molecular weight excluding hydrogens is 270 g/mol. The van der Waals surface area contributed by atoms with E-state index in [4.69, 9.17) is 14.2 Å². The molecule has 1 amide bonds. The maximum atomic E-state index is 12.5. The molecule has 2 atom stereocenters. The molecule has 2 unspecified atom stereocenters. The first-order valence-electron chi connectivity index (χ1n) is 7.17. The third-order valence-corrected chi connectivity index (χ3v) is 3.61. The van der Waals surface area contributed by atoms with Crippen LogP contribution in [0.5, 0.6) is 11.5 Å².